The van der Waals surface area contributed by atoms with Gasteiger partial charge in [-0.2, -0.15) is 10.4 Å². The van der Waals surface area contributed by atoms with Crippen LogP contribution in [0.15, 0.2) is 45.9 Å². The fraction of sp³-hybridized carbons (Fsp3) is 0.278. The van der Waals surface area contributed by atoms with Crippen molar-refractivity contribution in [2.45, 2.75) is 19.3 Å². The minimum Gasteiger partial charge on any atom is -0.484 e. The second-order valence-electron chi connectivity index (χ2n) is 5.78. The van der Waals surface area contributed by atoms with Gasteiger partial charge in [0.25, 0.3) is 5.91 Å². The minimum absolute atomic E-state index is 0.160. The average Bonchev–Trinajstić information content (AvgIpc) is 3.14. The molecule has 1 amide bonds. The molecular weight excluding hydrogens is 306 g/mol. The van der Waals surface area contributed by atoms with Gasteiger partial charge in [-0.25, -0.2) is 5.43 Å². The lowest BCUT2D eigenvalue weighted by molar-refractivity contribution is -0.123. The van der Waals surface area contributed by atoms with Crippen LogP contribution in [0.25, 0.3) is 0 Å². The van der Waals surface area contributed by atoms with E-state index in [0.29, 0.717) is 28.9 Å². The summed E-state index contributed by atoms with van der Waals surface area (Å²) >= 11 is 0. The Bertz CT molecular complexity index is 787. The van der Waals surface area contributed by atoms with E-state index in [1.165, 1.54) is 6.21 Å². The van der Waals surface area contributed by atoms with Crippen molar-refractivity contribution in [2.24, 2.45) is 11.0 Å². The molecule has 1 saturated carbocycles. The Morgan fingerprint density at radius 3 is 2.83 bits per heavy atom. The third kappa shape index (κ3) is 4.02. The highest BCUT2D eigenvalue weighted by Crippen LogP contribution is 2.47. The van der Waals surface area contributed by atoms with Crippen molar-refractivity contribution < 1.29 is 13.9 Å². The number of benzene rings is 1. The van der Waals surface area contributed by atoms with Crippen molar-refractivity contribution in [2.75, 3.05) is 6.61 Å². The smallest absolute Gasteiger partial charge is 0.277 e. The number of hydrogen-bond acceptors (Lipinski definition) is 5. The van der Waals surface area contributed by atoms with E-state index in [-0.39, 0.29) is 12.5 Å². The first-order chi connectivity index (χ1) is 11.7. The van der Waals surface area contributed by atoms with Crippen molar-refractivity contribution in [1.29, 1.82) is 5.26 Å². The first kappa shape index (κ1) is 15.8. The molecule has 0 saturated heterocycles. The van der Waals surface area contributed by atoms with Gasteiger partial charge in [-0.05, 0) is 48.7 Å². The third-order valence-corrected chi connectivity index (χ3v) is 3.86. The fourth-order valence-corrected chi connectivity index (χ4v) is 2.33. The average molecular weight is 323 g/mol. The molecule has 1 aromatic heterocycles. The fourth-order valence-electron chi connectivity index (χ4n) is 2.33. The van der Waals surface area contributed by atoms with Crippen LogP contribution in [0.1, 0.15) is 36.3 Å². The van der Waals surface area contributed by atoms with Crippen molar-refractivity contribution >= 4 is 12.1 Å². The molecule has 2 aromatic rings. The van der Waals surface area contributed by atoms with Crippen LogP contribution in [0.5, 0.6) is 5.75 Å². The van der Waals surface area contributed by atoms with Gasteiger partial charge in [-0.3, -0.25) is 4.79 Å². The van der Waals surface area contributed by atoms with E-state index >= 15 is 0 Å². The molecule has 122 valence electrons. The summed E-state index contributed by atoms with van der Waals surface area (Å²) in [5.41, 5.74) is 2.92. The van der Waals surface area contributed by atoms with E-state index in [4.69, 9.17) is 14.4 Å². The highest BCUT2D eigenvalue weighted by atomic mass is 16.5. The van der Waals surface area contributed by atoms with Gasteiger partial charge >= 0.3 is 0 Å². The summed E-state index contributed by atoms with van der Waals surface area (Å²) in [6, 6.07) is 12.3. The number of nitrogens with zero attached hydrogens (tertiary/aromatic N) is 2. The Morgan fingerprint density at radius 2 is 2.17 bits per heavy atom. The Hall–Kier alpha value is -3.07. The molecule has 2 atom stereocenters. The zero-order valence-corrected chi connectivity index (χ0v) is 13.2. The predicted molar refractivity (Wildman–Crippen MR) is 87.6 cm³/mol. The van der Waals surface area contributed by atoms with Gasteiger partial charge < -0.3 is 9.15 Å². The van der Waals surface area contributed by atoms with Gasteiger partial charge in [0.1, 0.15) is 17.3 Å². The summed E-state index contributed by atoms with van der Waals surface area (Å²) in [6.07, 6.45) is 2.63. The van der Waals surface area contributed by atoms with E-state index in [2.05, 4.69) is 17.5 Å². The quantitative estimate of drug-likeness (QED) is 0.654. The van der Waals surface area contributed by atoms with Gasteiger partial charge in [-0.15, -0.1) is 0 Å². The Labute approximate surface area is 139 Å². The number of hydrazone groups is 1. The summed E-state index contributed by atoms with van der Waals surface area (Å²) < 4.78 is 11.0. The highest BCUT2D eigenvalue weighted by Gasteiger charge is 2.36. The number of amides is 1. The molecule has 0 spiro atoms. The Balaban J connectivity index is 1.43. The maximum absolute atomic E-state index is 11.7. The maximum atomic E-state index is 11.7. The Kier molecular flexibility index (Phi) is 4.62. The molecule has 0 unspecified atom stereocenters. The Morgan fingerprint density at radius 1 is 1.42 bits per heavy atom. The van der Waals surface area contributed by atoms with Crippen LogP contribution >= 0.6 is 0 Å². The number of carbonyl (C=O) groups excluding carboxylic acids is 1. The van der Waals surface area contributed by atoms with E-state index < -0.39 is 0 Å². The highest BCUT2D eigenvalue weighted by molar-refractivity contribution is 5.81. The van der Waals surface area contributed by atoms with Gasteiger partial charge in [-0.1, -0.05) is 6.92 Å². The van der Waals surface area contributed by atoms with E-state index in [1.807, 2.05) is 18.2 Å². The van der Waals surface area contributed by atoms with E-state index in [9.17, 15) is 4.79 Å². The lowest BCUT2D eigenvalue weighted by Crippen LogP contribution is -2.24. The topological polar surface area (TPSA) is 87.6 Å². The number of nitrogens with one attached hydrogen (secondary N) is 1. The monoisotopic (exact) mass is 323 g/mol. The molecule has 1 fully saturated rings. The molecule has 1 aromatic carbocycles. The van der Waals surface area contributed by atoms with Crippen molar-refractivity contribution in [3.05, 3.63) is 53.5 Å². The lowest BCUT2D eigenvalue weighted by Gasteiger charge is -2.04. The number of hydrogen-bond donors (Lipinski definition) is 1. The molecule has 1 heterocycles. The minimum atomic E-state index is -0.377. The molecule has 1 aliphatic carbocycles. The number of carbonyl (C=O) groups is 1. The van der Waals surface area contributed by atoms with Crippen LogP contribution in [-0.4, -0.2) is 18.7 Å². The predicted octanol–water partition coefficient (Wildman–Crippen LogP) is 2.80. The van der Waals surface area contributed by atoms with Gasteiger partial charge in [0.05, 0.1) is 17.8 Å². The van der Waals surface area contributed by atoms with E-state index in [0.717, 1.165) is 12.2 Å². The molecular formula is C18H17N3O3. The van der Waals surface area contributed by atoms with Gasteiger partial charge in [0.2, 0.25) is 0 Å². The molecule has 1 aliphatic rings. The van der Waals surface area contributed by atoms with Gasteiger partial charge in [0.15, 0.2) is 6.61 Å². The molecule has 6 nitrogen and oxygen atoms in total. The molecule has 1 N–H and O–H groups in total. The third-order valence-electron chi connectivity index (χ3n) is 3.86. The maximum Gasteiger partial charge on any atom is 0.277 e. The molecule has 24 heavy (non-hydrogen) atoms. The number of ether oxygens (including phenoxy) is 1. The number of rotatable bonds is 6. The van der Waals surface area contributed by atoms with Crippen LogP contribution in [0.4, 0.5) is 0 Å². The molecule has 0 radical (unpaired) electrons. The summed E-state index contributed by atoms with van der Waals surface area (Å²) in [6.45, 7) is 2.03. The second kappa shape index (κ2) is 7.01. The van der Waals surface area contributed by atoms with Crippen LogP contribution in [0.3, 0.4) is 0 Å². The van der Waals surface area contributed by atoms with E-state index in [1.54, 1.807) is 24.3 Å². The first-order valence-corrected chi connectivity index (χ1v) is 7.70. The second-order valence-corrected chi connectivity index (χ2v) is 5.78. The van der Waals surface area contributed by atoms with Crippen molar-refractivity contribution in [1.82, 2.24) is 5.43 Å². The standard InChI is InChI=1S/C18H17N3O3/c1-12-8-16(12)17-7-6-15(24-17)10-20-21-18(22)11-23-14-4-2-13(9-19)3-5-14/h2-7,10,12,16H,8,11H2,1H3,(H,21,22)/b20-10-/t12-,16+/m1/s1. The zero-order valence-electron chi connectivity index (χ0n) is 13.2. The van der Waals surface area contributed by atoms with Crippen molar-refractivity contribution in [3.63, 3.8) is 0 Å². The lowest BCUT2D eigenvalue weighted by atomic mass is 10.2. The SMILES string of the molecule is C[C@@H]1C[C@@H]1c1ccc(/C=N\NC(=O)COc2ccc(C#N)cc2)o1. The molecule has 3 rings (SSSR count). The molecule has 0 aliphatic heterocycles. The normalized spacial score (nSPS) is 19.0. The number of nitriles is 1. The van der Waals surface area contributed by atoms with Crippen LogP contribution in [0.2, 0.25) is 0 Å². The van der Waals surface area contributed by atoms with Crippen LogP contribution in [-0.2, 0) is 4.79 Å². The zero-order chi connectivity index (χ0) is 16.9. The van der Waals surface area contributed by atoms with Gasteiger partial charge in [0, 0.05) is 5.92 Å². The summed E-state index contributed by atoms with van der Waals surface area (Å²) in [5.74, 6) is 2.92. The van der Waals surface area contributed by atoms with Crippen LogP contribution in [0, 0.1) is 17.2 Å². The van der Waals surface area contributed by atoms with Crippen LogP contribution < -0.4 is 10.2 Å². The summed E-state index contributed by atoms with van der Waals surface area (Å²) in [4.78, 5) is 11.7. The molecule has 6 heteroatoms. The summed E-state index contributed by atoms with van der Waals surface area (Å²) in [7, 11) is 0. The van der Waals surface area contributed by atoms with Crippen molar-refractivity contribution in [3.8, 4) is 11.8 Å². The first-order valence-electron chi connectivity index (χ1n) is 7.70. The molecule has 0 bridgehead atoms. The largest absolute Gasteiger partial charge is 0.484 e. The summed E-state index contributed by atoms with van der Waals surface area (Å²) in [5, 5.41) is 12.6. The number of furan rings is 1.